The number of allylic oxidation sites excluding steroid dienone is 6. The first kappa shape index (κ1) is 66.7. The van der Waals surface area contributed by atoms with Crippen LogP contribution in [0.15, 0.2) is 83.4 Å². The minimum absolute atomic E-state index is 0.0896. The third kappa shape index (κ3) is 20.0. The van der Waals surface area contributed by atoms with Gasteiger partial charge in [0.05, 0.1) is 47.2 Å². The van der Waals surface area contributed by atoms with Gasteiger partial charge in [0, 0.05) is 86.5 Å². The number of nitrogens with zero attached hydrogens (tertiary/aromatic N) is 2. The number of fused-ring (bicyclic) bond motifs is 2. The Balaban J connectivity index is 0.00000325. The maximum atomic E-state index is 12.8. The van der Waals surface area contributed by atoms with E-state index in [9.17, 15) is 63.8 Å². The predicted molar refractivity (Wildman–Crippen MR) is 292 cm³/mol. The molecule has 2 aromatic rings. The fourth-order valence-electron chi connectivity index (χ4n) is 10.3. The first-order chi connectivity index (χ1) is 37.0. The van der Waals surface area contributed by atoms with E-state index in [0.29, 0.717) is 76.6 Å². The van der Waals surface area contributed by atoms with Gasteiger partial charge in [-0.3, -0.25) is 18.5 Å². The Bertz CT molecular complexity index is 2990. The molecule has 1 unspecified atom stereocenters. The minimum atomic E-state index is -4.49. The Morgan fingerprint density at radius 2 is 1.46 bits per heavy atom. The van der Waals surface area contributed by atoms with Gasteiger partial charge < -0.3 is 39.7 Å². The fraction of sp³-hybridized carbons (Fsp3) is 0.596. The van der Waals surface area contributed by atoms with Crippen molar-refractivity contribution < 1.29 is 95.2 Å². The van der Waals surface area contributed by atoms with Gasteiger partial charge >= 0.3 is 16.7 Å². The molecule has 442 valence electrons. The highest BCUT2D eigenvalue weighted by atomic mass is 32.2. The number of ketones is 1. The lowest BCUT2D eigenvalue weighted by molar-refractivity contribution is -0.438. The molecule has 5 rings (SSSR count). The van der Waals surface area contributed by atoms with Crippen LogP contribution in [0.5, 0.6) is 0 Å². The molecule has 6 atom stereocenters. The van der Waals surface area contributed by atoms with Crippen molar-refractivity contribution in [3.05, 3.63) is 89.7 Å². The second kappa shape index (κ2) is 30.3. The molecule has 2 heterocycles. The smallest absolute Gasteiger partial charge is 0.425 e. The normalized spacial score (nSPS) is 22.5. The topological polar surface area (TPSA) is 355 Å². The van der Waals surface area contributed by atoms with E-state index < -0.39 is 88.2 Å². The Morgan fingerprint density at radius 3 is 2.10 bits per heavy atom. The Kier molecular flexibility index (Phi) is 25.6. The molecule has 2 aliphatic heterocycles. The molecule has 1 fully saturated rings. The number of alkyl carbamates (subject to hydrolysis) is 1. The standard InChI is InChI=1S/C52H75N3O17S3.O3S/c1-51(2)41-35-39(75(67,68)69)24-25-43(41)54(27-13-6-7-18-38(57)19-17-29-70-30-31-71-44-34-37(36-56)47(58)48(59)49(44)72-50(60)53-4)45(51)22-8-5-9-23-46-52(3,26-12-15-32-73(61,62)63)40-20-10-11-21-42(40)55(46)28-14-16-33-74(64,65)66;1-4(2)3/h5,8-11,20-25,35,37,44,47-49,56,58-59H,6-7,12-19,26-34,36H2,1-4H3,(H3-,53,60,61,62,63,64,65,66,67,68,69);/p+1/t37-,44+,47-,48+,49-,52?;/m1./s1. The summed E-state index contributed by atoms with van der Waals surface area (Å²) in [6, 6.07) is 12.4. The highest BCUT2D eigenvalue weighted by molar-refractivity contribution is 7.86. The van der Waals surface area contributed by atoms with Crippen molar-refractivity contribution in [1.29, 1.82) is 0 Å². The molecule has 1 aliphatic carbocycles. The van der Waals surface area contributed by atoms with Gasteiger partial charge in [0.25, 0.3) is 30.4 Å². The van der Waals surface area contributed by atoms with Crippen LogP contribution in [0.4, 0.5) is 16.2 Å². The van der Waals surface area contributed by atoms with Crippen molar-refractivity contribution in [2.24, 2.45) is 5.92 Å². The van der Waals surface area contributed by atoms with Crippen molar-refractivity contribution in [1.82, 2.24) is 5.32 Å². The van der Waals surface area contributed by atoms with Crippen LogP contribution >= 0.6 is 0 Å². The van der Waals surface area contributed by atoms with Crippen molar-refractivity contribution in [2.75, 3.05) is 63.0 Å². The SMILES string of the molecule is CNC(=O)O[C@H]1[C@@H](O)[C@H](O)[C@@H](CO)C[C@@H]1OCCOCCCC(=O)CCCCC[N+]1=C(C=CC=CC=C2N(CCCCS(=O)(=O)O)c3ccccc3C2(C)CCCCS(=O)(=O)O)C(C)(C)c2cc(S(=O)(=O)O)ccc21.O=S(=O)=O. The van der Waals surface area contributed by atoms with Crippen LogP contribution < -0.4 is 10.2 Å². The number of para-hydroxylation sites is 1. The van der Waals surface area contributed by atoms with Crippen LogP contribution in [0.25, 0.3) is 0 Å². The molecule has 7 N–H and O–H groups in total. The van der Waals surface area contributed by atoms with E-state index >= 15 is 0 Å². The number of benzene rings is 2. The lowest BCUT2D eigenvalue weighted by Gasteiger charge is -2.41. The second-order valence-electron chi connectivity index (χ2n) is 20.3. The number of rotatable bonds is 30. The summed E-state index contributed by atoms with van der Waals surface area (Å²) in [6.07, 6.45) is 9.56. The first-order valence-electron chi connectivity index (χ1n) is 26.0. The van der Waals surface area contributed by atoms with Crippen molar-refractivity contribution >= 4 is 69.9 Å². The number of amides is 1. The van der Waals surface area contributed by atoms with Gasteiger partial charge in [-0.2, -0.15) is 29.8 Å². The number of anilines is 1. The fourth-order valence-corrected chi connectivity index (χ4v) is 12.0. The van der Waals surface area contributed by atoms with Gasteiger partial charge in [-0.15, -0.1) is 12.6 Å². The van der Waals surface area contributed by atoms with Crippen LogP contribution in [0, 0.1) is 5.92 Å². The highest BCUT2D eigenvalue weighted by Gasteiger charge is 2.47. The number of ether oxygens (including phenoxy) is 3. The molecule has 0 radical (unpaired) electrons. The zero-order chi connectivity index (χ0) is 58.8. The minimum Gasteiger partial charge on any atom is -0.441 e. The lowest BCUT2D eigenvalue weighted by atomic mass is 9.77. The summed E-state index contributed by atoms with van der Waals surface area (Å²) >= 11 is 0. The van der Waals surface area contributed by atoms with Crippen LogP contribution in [0.3, 0.4) is 0 Å². The zero-order valence-electron chi connectivity index (χ0n) is 44.9. The van der Waals surface area contributed by atoms with E-state index in [1.54, 1.807) is 6.07 Å². The number of unbranched alkanes of at least 4 members (excludes halogenated alkanes) is 4. The van der Waals surface area contributed by atoms with E-state index in [1.165, 1.54) is 19.2 Å². The van der Waals surface area contributed by atoms with Gasteiger partial charge in [0.1, 0.15) is 18.4 Å². The van der Waals surface area contributed by atoms with Crippen molar-refractivity contribution in [3.63, 3.8) is 0 Å². The van der Waals surface area contributed by atoms with Gasteiger partial charge in [-0.1, -0.05) is 42.8 Å². The predicted octanol–water partition coefficient (Wildman–Crippen LogP) is 4.58. The molecular weight excluding hydrogens is 1110 g/mol. The number of hydrogen-bond donors (Lipinski definition) is 7. The molecule has 0 bridgehead atoms. The third-order valence-corrected chi connectivity index (χ3v) is 16.8. The van der Waals surface area contributed by atoms with Gasteiger partial charge in [-0.25, -0.2) is 4.79 Å². The summed E-state index contributed by atoms with van der Waals surface area (Å²) in [7, 11) is -14.5. The van der Waals surface area contributed by atoms with Crippen LogP contribution in [0.2, 0.25) is 0 Å². The summed E-state index contributed by atoms with van der Waals surface area (Å²) < 4.78 is 143. The van der Waals surface area contributed by atoms with E-state index in [4.69, 9.17) is 26.8 Å². The molecule has 3 aliphatic rings. The van der Waals surface area contributed by atoms with Gasteiger partial charge in [-0.05, 0) is 102 Å². The Hall–Kier alpha value is -4.78. The molecule has 0 saturated heterocycles. The Morgan fingerprint density at radius 1 is 0.797 bits per heavy atom. The maximum Gasteiger partial charge on any atom is 0.425 e. The third-order valence-electron chi connectivity index (χ3n) is 14.3. The molecular formula is C52H76N3O20S4+. The summed E-state index contributed by atoms with van der Waals surface area (Å²) in [5.74, 6) is -1.30. The highest BCUT2D eigenvalue weighted by Crippen LogP contribution is 2.51. The number of carbonyl (C=O) groups excluding carboxylic acids is 2. The molecule has 0 spiro atoms. The number of nitrogens with one attached hydrogen (secondary N) is 1. The quantitative estimate of drug-likeness (QED) is 0.0244. The van der Waals surface area contributed by atoms with Gasteiger partial charge in [0.2, 0.25) is 5.69 Å². The first-order valence-corrected chi connectivity index (χ1v) is 31.6. The maximum absolute atomic E-state index is 12.8. The monoisotopic (exact) mass is 1190 g/mol. The second-order valence-corrected chi connectivity index (χ2v) is 25.3. The van der Waals surface area contributed by atoms with Crippen LogP contribution in [0.1, 0.15) is 109 Å². The lowest BCUT2D eigenvalue weighted by Crippen LogP contribution is -2.57. The number of hydrogen-bond acceptors (Lipinski definition) is 18. The average Bonchev–Trinajstić information content (AvgIpc) is 3.87. The summed E-state index contributed by atoms with van der Waals surface area (Å²) in [6.45, 7) is 7.21. The molecule has 1 amide bonds. The zero-order valence-corrected chi connectivity index (χ0v) is 48.1. The molecule has 23 nitrogen and oxygen atoms in total. The summed E-state index contributed by atoms with van der Waals surface area (Å²) in [5.41, 5.74) is 3.97. The van der Waals surface area contributed by atoms with E-state index in [2.05, 4.69) is 21.7 Å². The molecule has 2 aromatic carbocycles. The Labute approximate surface area is 464 Å². The summed E-state index contributed by atoms with van der Waals surface area (Å²) in [5, 5.41) is 32.8. The van der Waals surface area contributed by atoms with Gasteiger partial charge in [0.15, 0.2) is 11.8 Å². The van der Waals surface area contributed by atoms with E-state index in [-0.39, 0.29) is 61.3 Å². The summed E-state index contributed by atoms with van der Waals surface area (Å²) in [4.78, 5) is 26.6. The molecule has 27 heteroatoms. The largest absolute Gasteiger partial charge is 0.441 e. The number of aliphatic hydroxyl groups is 3. The van der Waals surface area contributed by atoms with Crippen LogP contribution in [-0.4, -0.2) is 172 Å². The van der Waals surface area contributed by atoms with Crippen molar-refractivity contribution in [2.45, 2.75) is 138 Å². The van der Waals surface area contributed by atoms with E-state index in [1.807, 2.05) is 68.5 Å². The average molecular weight is 1190 g/mol. The number of carbonyl (C=O) groups is 2. The molecule has 79 heavy (non-hydrogen) atoms. The number of aliphatic hydroxyl groups excluding tert-OH is 3. The van der Waals surface area contributed by atoms with E-state index in [0.717, 1.165) is 34.8 Å². The number of Topliss-reactive ketones (excluding diaryl/α,β-unsaturated/α-hetero) is 1. The molecule has 0 aromatic heterocycles. The molecule has 1 saturated carbocycles. The van der Waals surface area contributed by atoms with Crippen LogP contribution in [-0.2, 0) is 70.8 Å². The van der Waals surface area contributed by atoms with Crippen molar-refractivity contribution in [3.8, 4) is 0 Å².